The Morgan fingerprint density at radius 1 is 1.00 bits per heavy atom. The van der Waals surface area contributed by atoms with E-state index in [2.05, 4.69) is 13.8 Å². The number of ketones is 1. The van der Waals surface area contributed by atoms with Crippen molar-refractivity contribution in [2.45, 2.75) is 26.9 Å². The molecule has 0 aromatic heterocycles. The van der Waals surface area contributed by atoms with E-state index in [-0.39, 0.29) is 11.7 Å². The zero-order valence-corrected chi connectivity index (χ0v) is 17.7. The van der Waals surface area contributed by atoms with Crippen LogP contribution in [0.5, 0.6) is 11.5 Å². The molecule has 0 bridgehead atoms. The minimum absolute atomic E-state index is 0.0804. The van der Waals surface area contributed by atoms with Crippen LogP contribution in [0.25, 0.3) is 11.6 Å². The fourth-order valence-electron chi connectivity index (χ4n) is 4.29. The normalized spacial score (nSPS) is 19.7. The lowest BCUT2D eigenvalue weighted by Crippen LogP contribution is -2.39. The minimum atomic E-state index is -0.536. The van der Waals surface area contributed by atoms with E-state index in [9.17, 15) is 4.79 Å². The number of hydrogen-bond donors (Lipinski definition) is 0. The van der Waals surface area contributed by atoms with Gasteiger partial charge in [0.15, 0.2) is 17.6 Å². The van der Waals surface area contributed by atoms with Gasteiger partial charge in [-0.15, -0.1) is 0 Å². The average Bonchev–Trinajstić information content (AvgIpc) is 2.68. The molecule has 0 saturated heterocycles. The first-order valence-electron chi connectivity index (χ1n) is 9.52. The number of ether oxygens (including phenoxy) is 2. The molecule has 2 aromatic rings. The van der Waals surface area contributed by atoms with Crippen molar-refractivity contribution in [3.63, 3.8) is 0 Å². The first-order chi connectivity index (χ1) is 13.9. The van der Waals surface area contributed by atoms with Crippen LogP contribution in [0.4, 0.5) is 0 Å². The molecular weight excluding hydrogens is 407 g/mol. The first-order valence-corrected chi connectivity index (χ1v) is 10.3. The van der Waals surface area contributed by atoms with E-state index in [0.29, 0.717) is 38.4 Å². The average molecular weight is 425 g/mol. The van der Waals surface area contributed by atoms with E-state index < -0.39 is 6.10 Å². The Labute approximate surface area is 179 Å². The number of hydrogen-bond acceptors (Lipinski definition) is 3. The maximum absolute atomic E-state index is 13.6. The van der Waals surface area contributed by atoms with Crippen molar-refractivity contribution < 1.29 is 14.3 Å². The fraction of sp³-hybridized carbons (Fsp3) is 0.208. The maximum atomic E-state index is 13.6. The highest BCUT2D eigenvalue weighted by molar-refractivity contribution is 6.33. The van der Waals surface area contributed by atoms with Crippen LogP contribution >= 0.6 is 23.2 Å². The van der Waals surface area contributed by atoms with Gasteiger partial charge in [-0.2, -0.15) is 0 Å². The number of Topliss-reactive ketones (excluding diaryl/α,β-unsaturated/α-hetero) is 1. The lowest BCUT2D eigenvalue weighted by molar-refractivity contribution is -0.113. The lowest BCUT2D eigenvalue weighted by Gasteiger charge is -2.39. The third-order valence-electron chi connectivity index (χ3n) is 5.67. The molecule has 5 rings (SSSR count). The monoisotopic (exact) mass is 424 g/mol. The van der Waals surface area contributed by atoms with Gasteiger partial charge in [0.1, 0.15) is 11.5 Å². The van der Waals surface area contributed by atoms with Crippen molar-refractivity contribution >= 4 is 40.6 Å². The second-order valence-corrected chi connectivity index (χ2v) is 8.55. The molecule has 2 aromatic carbocycles. The standard InChI is InChI=1S/C24H18Cl2O3/c1-11(2)18-23-15(10-13-6-4-8-16(25)21(13)28-23)20(27)19-12(3)14-7-5-9-17(26)22(14)29-24(18)19/h4-11,24H,1-3H3/t24-/m1/s1. The van der Waals surface area contributed by atoms with Crippen LogP contribution in [0.3, 0.4) is 0 Å². The van der Waals surface area contributed by atoms with Crippen molar-refractivity contribution in [3.8, 4) is 11.5 Å². The maximum Gasteiger partial charge on any atom is 0.197 e. The van der Waals surface area contributed by atoms with Gasteiger partial charge in [-0.05, 0) is 36.6 Å². The van der Waals surface area contributed by atoms with E-state index in [0.717, 1.165) is 22.3 Å². The van der Waals surface area contributed by atoms with E-state index >= 15 is 0 Å². The highest BCUT2D eigenvalue weighted by atomic mass is 35.5. The molecule has 5 heteroatoms. The van der Waals surface area contributed by atoms with E-state index in [1.165, 1.54) is 0 Å². The number of rotatable bonds is 1. The van der Waals surface area contributed by atoms with Crippen LogP contribution in [0.1, 0.15) is 31.9 Å². The van der Waals surface area contributed by atoms with Gasteiger partial charge in [-0.3, -0.25) is 4.79 Å². The molecule has 29 heavy (non-hydrogen) atoms. The van der Waals surface area contributed by atoms with Gasteiger partial charge in [0, 0.05) is 22.3 Å². The number of halogens is 2. The van der Waals surface area contributed by atoms with Gasteiger partial charge < -0.3 is 9.47 Å². The Morgan fingerprint density at radius 3 is 2.41 bits per heavy atom. The summed E-state index contributed by atoms with van der Waals surface area (Å²) in [4.78, 5) is 13.6. The second-order valence-electron chi connectivity index (χ2n) is 7.74. The molecule has 0 saturated carbocycles. The summed E-state index contributed by atoms with van der Waals surface area (Å²) in [5.74, 6) is 1.72. The van der Waals surface area contributed by atoms with Crippen LogP contribution in [0, 0.1) is 5.92 Å². The van der Waals surface area contributed by atoms with E-state index in [4.69, 9.17) is 32.7 Å². The largest absolute Gasteiger partial charge is 0.479 e. The molecule has 0 fully saturated rings. The number of carbonyl (C=O) groups excluding carboxylic acids is 1. The molecule has 3 aliphatic rings. The van der Waals surface area contributed by atoms with Crippen molar-refractivity contribution in [1.29, 1.82) is 0 Å². The molecule has 3 nitrogen and oxygen atoms in total. The van der Waals surface area contributed by atoms with Crippen molar-refractivity contribution in [2.24, 2.45) is 5.92 Å². The van der Waals surface area contributed by atoms with Crippen LogP contribution in [-0.4, -0.2) is 11.9 Å². The summed E-state index contributed by atoms with van der Waals surface area (Å²) in [5.41, 5.74) is 4.64. The summed E-state index contributed by atoms with van der Waals surface area (Å²) < 4.78 is 12.6. The highest BCUT2D eigenvalue weighted by Crippen LogP contribution is 2.50. The number of carbonyl (C=O) groups is 1. The smallest absolute Gasteiger partial charge is 0.197 e. The van der Waals surface area contributed by atoms with E-state index in [1.54, 1.807) is 12.1 Å². The summed E-state index contributed by atoms with van der Waals surface area (Å²) in [7, 11) is 0. The first kappa shape index (κ1) is 18.5. The molecule has 146 valence electrons. The Bertz CT molecular complexity index is 1180. The highest BCUT2D eigenvalue weighted by Gasteiger charge is 2.45. The predicted octanol–water partition coefficient (Wildman–Crippen LogP) is 6.50. The van der Waals surface area contributed by atoms with Crippen LogP contribution in [0.15, 0.2) is 58.9 Å². The Hall–Kier alpha value is -2.49. The quantitative estimate of drug-likeness (QED) is 0.524. The van der Waals surface area contributed by atoms with E-state index in [1.807, 2.05) is 37.3 Å². The zero-order chi connectivity index (χ0) is 20.4. The van der Waals surface area contributed by atoms with Crippen LogP contribution < -0.4 is 9.47 Å². The lowest BCUT2D eigenvalue weighted by atomic mass is 9.75. The fourth-order valence-corrected chi connectivity index (χ4v) is 4.73. The number of para-hydroxylation sites is 2. The predicted molar refractivity (Wildman–Crippen MR) is 115 cm³/mol. The number of allylic oxidation sites excluding steroid dienone is 2. The summed E-state index contributed by atoms with van der Waals surface area (Å²) in [6.45, 7) is 6.09. The summed E-state index contributed by atoms with van der Waals surface area (Å²) in [5, 5.41) is 1.04. The van der Waals surface area contributed by atoms with Gasteiger partial charge >= 0.3 is 0 Å². The molecule has 1 atom stereocenters. The SMILES string of the molecule is CC1=C2C(=O)C3=Cc4cccc(Cl)c4OC3=C(C(C)C)[C@H]2Oc2c(Cl)cccc21. The Balaban J connectivity index is 1.81. The molecular formula is C24H18Cl2O3. The molecule has 0 amide bonds. The summed E-state index contributed by atoms with van der Waals surface area (Å²) in [6, 6.07) is 11.1. The molecule has 0 N–H and O–H groups in total. The number of benzene rings is 2. The molecule has 0 spiro atoms. The Kier molecular flexibility index (Phi) is 4.16. The minimum Gasteiger partial charge on any atom is -0.479 e. The van der Waals surface area contributed by atoms with Gasteiger partial charge in [0.05, 0.1) is 15.6 Å². The summed E-state index contributed by atoms with van der Waals surface area (Å²) >= 11 is 12.8. The topological polar surface area (TPSA) is 35.5 Å². The van der Waals surface area contributed by atoms with Crippen molar-refractivity contribution in [2.75, 3.05) is 0 Å². The summed E-state index contributed by atoms with van der Waals surface area (Å²) in [6.07, 6.45) is 1.33. The third-order valence-corrected chi connectivity index (χ3v) is 6.27. The van der Waals surface area contributed by atoms with Gasteiger partial charge in [-0.1, -0.05) is 61.3 Å². The molecule has 1 aliphatic carbocycles. The second kappa shape index (κ2) is 6.51. The van der Waals surface area contributed by atoms with Crippen LogP contribution in [0.2, 0.25) is 10.0 Å². The molecule has 0 unspecified atom stereocenters. The van der Waals surface area contributed by atoms with Gasteiger partial charge in [0.2, 0.25) is 0 Å². The zero-order valence-electron chi connectivity index (χ0n) is 16.2. The third kappa shape index (κ3) is 2.61. The molecule has 0 radical (unpaired) electrons. The van der Waals surface area contributed by atoms with Crippen molar-refractivity contribution in [3.05, 3.63) is 80.0 Å². The van der Waals surface area contributed by atoms with Gasteiger partial charge in [0.25, 0.3) is 0 Å². The molecule has 2 heterocycles. The number of fused-ring (bicyclic) bond motifs is 4. The van der Waals surface area contributed by atoms with Crippen LogP contribution in [-0.2, 0) is 4.79 Å². The molecule has 2 aliphatic heterocycles. The Morgan fingerprint density at radius 2 is 1.69 bits per heavy atom. The van der Waals surface area contributed by atoms with Crippen molar-refractivity contribution in [1.82, 2.24) is 0 Å². The van der Waals surface area contributed by atoms with Gasteiger partial charge in [-0.25, -0.2) is 0 Å².